The molecule has 1 N–H and O–H groups in total. The Morgan fingerprint density at radius 3 is 1.70 bits per heavy atom. The third-order valence-corrected chi connectivity index (χ3v) is 8.61. The Morgan fingerprint density at radius 1 is 0.784 bits per heavy atom. The Bertz CT molecular complexity index is 582. The molecule has 2 atom stereocenters. The lowest BCUT2D eigenvalue weighted by molar-refractivity contribution is -0.118. The van der Waals surface area contributed by atoms with E-state index in [1.54, 1.807) is 6.92 Å². The van der Waals surface area contributed by atoms with Gasteiger partial charge >= 0.3 is 7.82 Å². The SMILES string of the molecule is CCCCCCCCCCCCCCCCCCCC(COP(=O)(O)OCCN1CCCC1)CC(C)=O. The molecule has 0 aliphatic carbocycles. The molecule has 0 radical (unpaired) electrons. The first-order valence-corrected chi connectivity index (χ1v) is 17.3. The normalized spacial score (nSPS) is 16.7. The predicted octanol–water partition coefficient (Wildman–Crippen LogP) is 8.85. The number of Topliss-reactive ketones (excluding diaryl/α,β-unsaturated/α-hetero) is 1. The highest BCUT2D eigenvalue weighted by molar-refractivity contribution is 7.47. The number of carbonyl (C=O) groups is 1. The van der Waals surface area contributed by atoms with Crippen molar-refractivity contribution in [3.63, 3.8) is 0 Å². The third-order valence-electron chi connectivity index (χ3n) is 7.63. The van der Waals surface area contributed by atoms with Gasteiger partial charge in [-0.15, -0.1) is 0 Å². The number of hydrogen-bond donors (Lipinski definition) is 1. The molecule has 1 aliphatic rings. The number of phosphoric acid groups is 1. The molecule has 0 spiro atoms. The van der Waals surface area contributed by atoms with E-state index in [0.717, 1.165) is 32.4 Å². The Kier molecular flexibility index (Phi) is 22.2. The zero-order valence-corrected chi connectivity index (χ0v) is 25.3. The molecule has 0 saturated carbocycles. The lowest BCUT2D eigenvalue weighted by Crippen LogP contribution is -2.23. The Labute approximate surface area is 229 Å². The van der Waals surface area contributed by atoms with Crippen molar-refractivity contribution in [3.8, 4) is 0 Å². The van der Waals surface area contributed by atoms with E-state index < -0.39 is 7.82 Å². The Hall–Kier alpha value is -0.260. The van der Waals surface area contributed by atoms with Crippen LogP contribution in [-0.4, -0.2) is 48.4 Å². The van der Waals surface area contributed by atoms with Crippen LogP contribution in [0.2, 0.25) is 0 Å². The first-order chi connectivity index (χ1) is 17.9. The molecule has 220 valence electrons. The molecule has 1 saturated heterocycles. The van der Waals surface area contributed by atoms with Gasteiger partial charge in [-0.3, -0.25) is 9.05 Å². The van der Waals surface area contributed by atoms with E-state index in [9.17, 15) is 14.3 Å². The minimum absolute atomic E-state index is 0.0171. The monoisotopic (exact) mass is 545 g/mol. The van der Waals surface area contributed by atoms with E-state index in [1.807, 2.05) is 0 Å². The van der Waals surface area contributed by atoms with Gasteiger partial charge < -0.3 is 14.6 Å². The number of hydrogen-bond acceptors (Lipinski definition) is 5. The molecule has 37 heavy (non-hydrogen) atoms. The third kappa shape index (κ3) is 22.3. The number of likely N-dealkylation sites (tertiary alicyclic amines) is 1. The summed E-state index contributed by atoms with van der Waals surface area (Å²) in [5, 5.41) is 0. The molecule has 1 fully saturated rings. The summed E-state index contributed by atoms with van der Waals surface area (Å²) in [5.74, 6) is 0.0831. The minimum atomic E-state index is -4.06. The summed E-state index contributed by atoms with van der Waals surface area (Å²) >= 11 is 0. The average Bonchev–Trinajstić information content (AvgIpc) is 3.37. The molecule has 0 amide bonds. The van der Waals surface area contributed by atoms with Crippen molar-refractivity contribution in [2.24, 2.45) is 5.92 Å². The van der Waals surface area contributed by atoms with Crippen LogP contribution in [-0.2, 0) is 18.4 Å². The predicted molar refractivity (Wildman–Crippen MR) is 155 cm³/mol. The van der Waals surface area contributed by atoms with E-state index in [4.69, 9.17) is 9.05 Å². The molecule has 0 bridgehead atoms. The van der Waals surface area contributed by atoms with Gasteiger partial charge in [0.1, 0.15) is 5.78 Å². The van der Waals surface area contributed by atoms with Gasteiger partial charge in [-0.25, -0.2) is 4.57 Å². The van der Waals surface area contributed by atoms with Crippen LogP contribution in [0.1, 0.15) is 149 Å². The summed E-state index contributed by atoms with van der Waals surface area (Å²) in [6.45, 7) is 6.87. The molecular formula is C30H60NO5P. The number of ketones is 1. The highest BCUT2D eigenvalue weighted by atomic mass is 31.2. The fourth-order valence-corrected chi connectivity index (χ4v) is 6.12. The number of phosphoric ester groups is 1. The lowest BCUT2D eigenvalue weighted by Gasteiger charge is -2.19. The fourth-order valence-electron chi connectivity index (χ4n) is 5.34. The molecule has 1 aliphatic heterocycles. The largest absolute Gasteiger partial charge is 0.472 e. The molecule has 1 rings (SSSR count). The van der Waals surface area contributed by atoms with E-state index in [1.165, 1.54) is 109 Å². The van der Waals surface area contributed by atoms with Gasteiger partial charge in [0.2, 0.25) is 0 Å². The smallest absolute Gasteiger partial charge is 0.302 e. The maximum Gasteiger partial charge on any atom is 0.472 e. The maximum atomic E-state index is 12.2. The van der Waals surface area contributed by atoms with Gasteiger partial charge in [0.25, 0.3) is 0 Å². The maximum absolute atomic E-state index is 12.2. The van der Waals surface area contributed by atoms with Crippen LogP contribution in [0.5, 0.6) is 0 Å². The van der Waals surface area contributed by atoms with Crippen molar-refractivity contribution in [3.05, 3.63) is 0 Å². The number of nitrogens with zero attached hydrogens (tertiary/aromatic N) is 1. The number of carbonyl (C=O) groups excluding carboxylic acids is 1. The zero-order valence-electron chi connectivity index (χ0n) is 24.4. The average molecular weight is 546 g/mol. The second-order valence-corrected chi connectivity index (χ2v) is 12.8. The lowest BCUT2D eigenvalue weighted by atomic mass is 9.96. The second kappa shape index (κ2) is 23.6. The van der Waals surface area contributed by atoms with Crippen LogP contribution in [0.3, 0.4) is 0 Å². The summed E-state index contributed by atoms with van der Waals surface area (Å²) in [6.07, 6.45) is 26.4. The van der Waals surface area contributed by atoms with Gasteiger partial charge in [0, 0.05) is 13.0 Å². The van der Waals surface area contributed by atoms with Crippen LogP contribution in [0.25, 0.3) is 0 Å². The highest BCUT2D eigenvalue weighted by Gasteiger charge is 2.24. The molecule has 2 unspecified atom stereocenters. The van der Waals surface area contributed by atoms with Crippen LogP contribution in [0.15, 0.2) is 0 Å². The van der Waals surface area contributed by atoms with E-state index in [2.05, 4.69) is 11.8 Å². The topological polar surface area (TPSA) is 76.1 Å². The van der Waals surface area contributed by atoms with Crippen LogP contribution in [0, 0.1) is 5.92 Å². The summed E-state index contributed by atoms with van der Waals surface area (Å²) in [4.78, 5) is 23.9. The van der Waals surface area contributed by atoms with Crippen molar-refractivity contribution in [2.75, 3.05) is 32.8 Å². The highest BCUT2D eigenvalue weighted by Crippen LogP contribution is 2.44. The van der Waals surface area contributed by atoms with Gasteiger partial charge in [-0.2, -0.15) is 0 Å². The van der Waals surface area contributed by atoms with Crippen LogP contribution < -0.4 is 0 Å². The minimum Gasteiger partial charge on any atom is -0.302 e. The van der Waals surface area contributed by atoms with Crippen molar-refractivity contribution in [1.82, 2.24) is 4.90 Å². The molecule has 1 heterocycles. The standard InChI is InChI=1S/C30H60NO5P/c1-3-4-5-6-7-8-9-10-11-12-13-14-15-16-17-18-19-22-30(27-29(2)32)28-36-37(33,34)35-26-25-31-23-20-21-24-31/h30H,3-28H2,1-2H3,(H,33,34). The zero-order chi connectivity index (χ0) is 27.0. The summed E-state index contributed by atoms with van der Waals surface area (Å²) in [6, 6.07) is 0. The van der Waals surface area contributed by atoms with E-state index in [0.29, 0.717) is 13.0 Å². The van der Waals surface area contributed by atoms with Gasteiger partial charge in [-0.05, 0) is 45.2 Å². The number of unbranched alkanes of at least 4 members (excludes halogenated alkanes) is 16. The summed E-state index contributed by atoms with van der Waals surface area (Å²) in [7, 11) is -4.06. The Balaban J connectivity index is 1.98. The molecule has 0 aromatic heterocycles. The van der Waals surface area contributed by atoms with E-state index in [-0.39, 0.29) is 24.9 Å². The quantitative estimate of drug-likeness (QED) is 0.0820. The molecular weight excluding hydrogens is 485 g/mol. The summed E-state index contributed by atoms with van der Waals surface area (Å²) in [5.41, 5.74) is 0. The van der Waals surface area contributed by atoms with Gasteiger partial charge in [-0.1, -0.05) is 116 Å². The van der Waals surface area contributed by atoms with Crippen molar-refractivity contribution < 1.29 is 23.3 Å². The van der Waals surface area contributed by atoms with Crippen molar-refractivity contribution in [2.45, 2.75) is 149 Å². The molecule has 0 aromatic carbocycles. The molecule has 6 nitrogen and oxygen atoms in total. The van der Waals surface area contributed by atoms with Crippen LogP contribution in [0.4, 0.5) is 0 Å². The molecule has 7 heteroatoms. The first kappa shape index (κ1) is 34.8. The first-order valence-electron chi connectivity index (χ1n) is 15.8. The summed E-state index contributed by atoms with van der Waals surface area (Å²) < 4.78 is 22.6. The van der Waals surface area contributed by atoms with Crippen LogP contribution >= 0.6 is 7.82 Å². The molecule has 0 aromatic rings. The van der Waals surface area contributed by atoms with Crippen molar-refractivity contribution >= 4 is 13.6 Å². The van der Waals surface area contributed by atoms with E-state index >= 15 is 0 Å². The van der Waals surface area contributed by atoms with Crippen molar-refractivity contribution in [1.29, 1.82) is 0 Å². The Morgan fingerprint density at radius 2 is 1.24 bits per heavy atom. The van der Waals surface area contributed by atoms with Gasteiger partial charge in [0.05, 0.1) is 13.2 Å². The number of rotatable bonds is 27. The van der Waals surface area contributed by atoms with Gasteiger partial charge in [0.15, 0.2) is 0 Å². The second-order valence-electron chi connectivity index (χ2n) is 11.4. The fraction of sp³-hybridized carbons (Fsp3) is 0.967.